The van der Waals surface area contributed by atoms with Crippen LogP contribution in [0.15, 0.2) is 36.4 Å². The Balaban J connectivity index is 1.45. The monoisotopic (exact) mass is 445 g/mol. The fraction of sp³-hybridized carbons (Fsp3) is 0.318. The summed E-state index contributed by atoms with van der Waals surface area (Å²) in [7, 11) is 1.58. The van der Waals surface area contributed by atoms with Crippen molar-refractivity contribution in [2.75, 3.05) is 20.1 Å². The zero-order valence-corrected chi connectivity index (χ0v) is 17.4. The number of hydrogen-bond donors (Lipinski definition) is 2. The van der Waals surface area contributed by atoms with E-state index in [0.29, 0.717) is 29.9 Å². The van der Waals surface area contributed by atoms with Gasteiger partial charge in [0.15, 0.2) is 11.6 Å². The molecule has 0 saturated carbocycles. The summed E-state index contributed by atoms with van der Waals surface area (Å²) in [5.41, 5.74) is 1.23. The van der Waals surface area contributed by atoms with Crippen LogP contribution >= 0.6 is 0 Å². The van der Waals surface area contributed by atoms with Gasteiger partial charge in [-0.05, 0) is 24.3 Å². The van der Waals surface area contributed by atoms with Crippen molar-refractivity contribution >= 4 is 22.8 Å². The maximum atomic E-state index is 14.1. The summed E-state index contributed by atoms with van der Waals surface area (Å²) in [6.45, 7) is 0.903. The Bertz CT molecular complexity index is 1170. The van der Waals surface area contributed by atoms with Gasteiger partial charge >= 0.3 is 0 Å². The Morgan fingerprint density at radius 1 is 1.25 bits per heavy atom. The largest absolute Gasteiger partial charge is 0.353 e. The van der Waals surface area contributed by atoms with Crippen LogP contribution in [0, 0.1) is 17.5 Å². The van der Waals surface area contributed by atoms with Crippen molar-refractivity contribution < 1.29 is 22.8 Å². The number of halogens is 3. The number of rotatable bonds is 6. The predicted octanol–water partition coefficient (Wildman–Crippen LogP) is 2.33. The summed E-state index contributed by atoms with van der Waals surface area (Å²) >= 11 is 0. The molecular formula is C22H22F3N5O2. The van der Waals surface area contributed by atoms with E-state index in [2.05, 4.69) is 15.3 Å². The molecule has 4 rings (SSSR count). The Labute approximate surface area is 182 Å². The normalized spacial score (nSPS) is 16.9. The molecule has 2 aromatic carbocycles. The third-order valence-electron chi connectivity index (χ3n) is 5.52. The second-order valence-electron chi connectivity index (χ2n) is 7.79. The lowest BCUT2D eigenvalue weighted by atomic mass is 10.1. The lowest BCUT2D eigenvalue weighted by Crippen LogP contribution is -2.56. The SMILES string of the molecule is CN(Cc1nc2ccc(F)cc2[nH]1)C(=O)C[C@@H]1C(=O)NCCN1Cc1cccc(F)c1F. The molecule has 1 aliphatic heterocycles. The van der Waals surface area contributed by atoms with Crippen LogP contribution in [0.2, 0.25) is 0 Å². The van der Waals surface area contributed by atoms with Crippen LogP contribution in [0.25, 0.3) is 11.0 Å². The van der Waals surface area contributed by atoms with E-state index in [1.54, 1.807) is 18.0 Å². The fourth-order valence-electron chi connectivity index (χ4n) is 3.81. The molecule has 0 bridgehead atoms. The van der Waals surface area contributed by atoms with Crippen LogP contribution < -0.4 is 5.32 Å². The van der Waals surface area contributed by atoms with E-state index in [4.69, 9.17) is 0 Å². The van der Waals surface area contributed by atoms with Gasteiger partial charge in [-0.15, -0.1) is 0 Å². The van der Waals surface area contributed by atoms with Crippen LogP contribution in [-0.4, -0.2) is 57.8 Å². The van der Waals surface area contributed by atoms with Crippen molar-refractivity contribution in [3.63, 3.8) is 0 Å². The number of amides is 2. The first-order valence-electron chi connectivity index (χ1n) is 10.1. The summed E-state index contributed by atoms with van der Waals surface area (Å²) in [6, 6.07) is 7.26. The van der Waals surface area contributed by atoms with Gasteiger partial charge in [-0.3, -0.25) is 14.5 Å². The molecular weight excluding hydrogens is 423 g/mol. The van der Waals surface area contributed by atoms with Gasteiger partial charge in [-0.25, -0.2) is 18.2 Å². The molecule has 0 spiro atoms. The van der Waals surface area contributed by atoms with Crippen molar-refractivity contribution in [1.82, 2.24) is 25.1 Å². The minimum absolute atomic E-state index is 0.00775. The molecule has 1 saturated heterocycles. The molecule has 1 atom stereocenters. The number of fused-ring (bicyclic) bond motifs is 1. The zero-order chi connectivity index (χ0) is 22.8. The molecule has 10 heteroatoms. The number of nitrogens with zero attached hydrogens (tertiary/aromatic N) is 3. The minimum atomic E-state index is -0.956. The van der Waals surface area contributed by atoms with E-state index in [9.17, 15) is 22.8 Å². The third kappa shape index (κ3) is 4.59. The highest BCUT2D eigenvalue weighted by molar-refractivity contribution is 5.88. The summed E-state index contributed by atoms with van der Waals surface area (Å²) in [5, 5.41) is 2.72. The number of carbonyl (C=O) groups is 2. The summed E-state index contributed by atoms with van der Waals surface area (Å²) in [5.74, 6) is -2.48. The van der Waals surface area contributed by atoms with E-state index < -0.39 is 23.5 Å². The van der Waals surface area contributed by atoms with Gasteiger partial charge in [0.05, 0.1) is 30.0 Å². The number of carbonyl (C=O) groups excluding carboxylic acids is 2. The molecule has 2 amide bonds. The van der Waals surface area contributed by atoms with Gasteiger partial charge < -0.3 is 15.2 Å². The van der Waals surface area contributed by atoms with E-state index in [1.165, 1.54) is 29.2 Å². The highest BCUT2D eigenvalue weighted by atomic mass is 19.2. The molecule has 7 nitrogen and oxygen atoms in total. The molecule has 0 aliphatic carbocycles. The van der Waals surface area contributed by atoms with Crippen LogP contribution in [0.3, 0.4) is 0 Å². The average molecular weight is 445 g/mol. The number of aromatic nitrogens is 2. The number of hydrogen-bond acceptors (Lipinski definition) is 4. The summed E-state index contributed by atoms with van der Waals surface area (Å²) < 4.78 is 41.1. The van der Waals surface area contributed by atoms with E-state index in [0.717, 1.165) is 6.07 Å². The van der Waals surface area contributed by atoms with E-state index in [1.807, 2.05) is 0 Å². The number of nitrogens with one attached hydrogen (secondary N) is 2. The van der Waals surface area contributed by atoms with E-state index in [-0.39, 0.29) is 36.9 Å². The summed E-state index contributed by atoms with van der Waals surface area (Å²) in [4.78, 5) is 35.7. The molecule has 2 N–H and O–H groups in total. The third-order valence-corrected chi connectivity index (χ3v) is 5.52. The molecule has 1 aromatic heterocycles. The maximum Gasteiger partial charge on any atom is 0.237 e. The van der Waals surface area contributed by atoms with Crippen LogP contribution in [0.5, 0.6) is 0 Å². The Morgan fingerprint density at radius 2 is 2.06 bits per heavy atom. The number of imidazole rings is 1. The first kappa shape index (κ1) is 21.8. The molecule has 168 valence electrons. The van der Waals surface area contributed by atoms with Gasteiger partial charge in [0.2, 0.25) is 11.8 Å². The lowest BCUT2D eigenvalue weighted by Gasteiger charge is -2.35. The van der Waals surface area contributed by atoms with Crippen LogP contribution in [0.4, 0.5) is 13.2 Å². The predicted molar refractivity (Wildman–Crippen MR) is 111 cm³/mol. The smallest absolute Gasteiger partial charge is 0.237 e. The van der Waals surface area contributed by atoms with Gasteiger partial charge in [0.1, 0.15) is 11.6 Å². The van der Waals surface area contributed by atoms with Crippen molar-refractivity contribution in [1.29, 1.82) is 0 Å². The molecule has 1 aliphatic rings. The van der Waals surface area contributed by atoms with Gasteiger partial charge in [0, 0.05) is 32.2 Å². The number of piperazine rings is 1. The Hall–Kier alpha value is -3.40. The standard InChI is InChI=1S/C22H22F3N5O2/c1-29(12-19-27-16-6-5-14(23)9-17(16)28-19)20(31)10-18-22(32)26-7-8-30(18)11-13-3-2-4-15(24)21(13)25/h2-6,9,18H,7-8,10-12H2,1H3,(H,26,32)(H,27,28)/t18-/m1/s1. The molecule has 0 unspecified atom stereocenters. The van der Waals surface area contributed by atoms with Gasteiger partial charge in [-0.2, -0.15) is 0 Å². The van der Waals surface area contributed by atoms with Crippen molar-refractivity contribution in [2.24, 2.45) is 0 Å². The number of aromatic amines is 1. The second kappa shape index (κ2) is 8.99. The molecule has 3 aromatic rings. The van der Waals surface area contributed by atoms with Crippen molar-refractivity contribution in [3.05, 3.63) is 65.2 Å². The number of H-pyrrole nitrogens is 1. The molecule has 1 fully saturated rings. The highest BCUT2D eigenvalue weighted by Crippen LogP contribution is 2.19. The first-order valence-corrected chi connectivity index (χ1v) is 10.1. The van der Waals surface area contributed by atoms with E-state index >= 15 is 0 Å². The Kier molecular flexibility index (Phi) is 6.13. The zero-order valence-electron chi connectivity index (χ0n) is 17.4. The first-order chi connectivity index (χ1) is 15.3. The quantitative estimate of drug-likeness (QED) is 0.610. The van der Waals surface area contributed by atoms with Gasteiger partial charge in [-0.1, -0.05) is 12.1 Å². The molecule has 2 heterocycles. The van der Waals surface area contributed by atoms with Gasteiger partial charge in [0.25, 0.3) is 0 Å². The molecule has 0 radical (unpaired) electrons. The van der Waals surface area contributed by atoms with Crippen molar-refractivity contribution in [3.8, 4) is 0 Å². The Morgan fingerprint density at radius 3 is 2.88 bits per heavy atom. The molecule has 32 heavy (non-hydrogen) atoms. The maximum absolute atomic E-state index is 14.1. The highest BCUT2D eigenvalue weighted by Gasteiger charge is 2.33. The van der Waals surface area contributed by atoms with Crippen LogP contribution in [0.1, 0.15) is 17.8 Å². The second-order valence-corrected chi connectivity index (χ2v) is 7.79. The van der Waals surface area contributed by atoms with Crippen LogP contribution in [-0.2, 0) is 22.7 Å². The number of benzene rings is 2. The summed E-state index contributed by atoms with van der Waals surface area (Å²) in [6.07, 6.45) is -0.131. The topological polar surface area (TPSA) is 81.3 Å². The fourth-order valence-corrected chi connectivity index (χ4v) is 3.81. The average Bonchev–Trinajstić information content (AvgIpc) is 3.14. The minimum Gasteiger partial charge on any atom is -0.353 e. The van der Waals surface area contributed by atoms with Crippen molar-refractivity contribution in [2.45, 2.75) is 25.6 Å². The lowest BCUT2D eigenvalue weighted by molar-refractivity contribution is -0.138.